The highest BCUT2D eigenvalue weighted by atomic mass is 32.1. The van der Waals surface area contributed by atoms with E-state index in [0.29, 0.717) is 5.75 Å². The second-order valence-corrected chi connectivity index (χ2v) is 6.30. The summed E-state index contributed by atoms with van der Waals surface area (Å²) in [7, 11) is 0. The highest BCUT2D eigenvalue weighted by molar-refractivity contribution is 7.10. The summed E-state index contributed by atoms with van der Waals surface area (Å²) in [5.41, 5.74) is 1.27. The third-order valence-electron chi connectivity index (χ3n) is 3.98. The summed E-state index contributed by atoms with van der Waals surface area (Å²) < 4.78 is 18.3. The molecule has 1 aliphatic rings. The first-order chi connectivity index (χ1) is 10.7. The number of halogens is 1. The minimum Gasteiger partial charge on any atom is -0.484 e. The van der Waals surface area contributed by atoms with E-state index in [1.807, 2.05) is 4.90 Å². The number of nitrogens with zero attached hydrogens (tertiary/aromatic N) is 1. The predicted octanol–water partition coefficient (Wildman–Crippen LogP) is 3.80. The normalized spacial score (nSPS) is 17.2. The first-order valence-corrected chi connectivity index (χ1v) is 8.31. The fraction of sp³-hybridized carbons (Fsp3) is 0.353. The Kier molecular flexibility index (Phi) is 4.43. The Labute approximate surface area is 133 Å². The van der Waals surface area contributed by atoms with E-state index in [4.69, 9.17) is 4.74 Å². The van der Waals surface area contributed by atoms with E-state index in [1.165, 1.54) is 34.7 Å². The minimum atomic E-state index is -0.314. The van der Waals surface area contributed by atoms with E-state index in [1.54, 1.807) is 11.3 Å². The van der Waals surface area contributed by atoms with Gasteiger partial charge in [-0.15, -0.1) is 11.3 Å². The fourth-order valence-corrected chi connectivity index (χ4v) is 3.82. The van der Waals surface area contributed by atoms with Crippen LogP contribution in [0.4, 0.5) is 4.39 Å². The van der Waals surface area contributed by atoms with Gasteiger partial charge in [-0.05, 0) is 54.1 Å². The van der Waals surface area contributed by atoms with E-state index in [2.05, 4.69) is 18.4 Å². The van der Waals surface area contributed by atoms with Gasteiger partial charge in [0.05, 0.1) is 6.04 Å². The molecular formula is C17H18FNO2S. The summed E-state index contributed by atoms with van der Waals surface area (Å²) in [5.74, 6) is 0.176. The number of rotatable bonds is 4. The molecule has 1 unspecified atom stereocenters. The van der Waals surface area contributed by atoms with E-state index in [-0.39, 0.29) is 24.4 Å². The van der Waals surface area contributed by atoms with Gasteiger partial charge in [0.15, 0.2) is 6.61 Å². The number of ether oxygens (including phenoxy) is 1. The second-order valence-electron chi connectivity index (χ2n) is 5.30. The lowest BCUT2D eigenvalue weighted by Crippen LogP contribution is -2.41. The van der Waals surface area contributed by atoms with Crippen molar-refractivity contribution in [1.29, 1.82) is 0 Å². The molecule has 0 saturated heterocycles. The third-order valence-corrected chi connectivity index (χ3v) is 4.97. The smallest absolute Gasteiger partial charge is 0.261 e. The number of thiophene rings is 1. The van der Waals surface area contributed by atoms with E-state index in [0.717, 1.165) is 19.4 Å². The van der Waals surface area contributed by atoms with Gasteiger partial charge in [0.1, 0.15) is 11.6 Å². The zero-order valence-electron chi connectivity index (χ0n) is 12.4. The quantitative estimate of drug-likeness (QED) is 0.858. The summed E-state index contributed by atoms with van der Waals surface area (Å²) >= 11 is 1.77. The van der Waals surface area contributed by atoms with Gasteiger partial charge in [0.25, 0.3) is 5.91 Å². The number of benzene rings is 1. The molecule has 0 radical (unpaired) electrons. The van der Waals surface area contributed by atoms with Gasteiger partial charge >= 0.3 is 0 Å². The first kappa shape index (κ1) is 15.0. The van der Waals surface area contributed by atoms with Gasteiger partial charge in [-0.25, -0.2) is 4.39 Å². The molecule has 0 bridgehead atoms. The maximum atomic E-state index is 12.9. The topological polar surface area (TPSA) is 29.5 Å². The molecule has 0 N–H and O–H groups in total. The fourth-order valence-electron chi connectivity index (χ4n) is 2.89. The van der Waals surface area contributed by atoms with Gasteiger partial charge in [-0.1, -0.05) is 6.92 Å². The molecule has 2 aromatic rings. The Balaban J connectivity index is 1.66. The molecule has 116 valence electrons. The van der Waals surface area contributed by atoms with Crippen molar-refractivity contribution in [3.8, 4) is 5.75 Å². The number of fused-ring (bicyclic) bond motifs is 1. The molecule has 2 heterocycles. The molecule has 1 aromatic carbocycles. The molecule has 0 aliphatic carbocycles. The van der Waals surface area contributed by atoms with Crippen LogP contribution in [0.5, 0.6) is 5.75 Å². The van der Waals surface area contributed by atoms with Gasteiger partial charge in [-0.2, -0.15) is 0 Å². The van der Waals surface area contributed by atoms with Crippen molar-refractivity contribution < 1.29 is 13.9 Å². The molecule has 3 rings (SSSR count). The summed E-state index contributed by atoms with van der Waals surface area (Å²) in [6, 6.07) is 7.98. The van der Waals surface area contributed by atoms with E-state index in [9.17, 15) is 9.18 Å². The van der Waals surface area contributed by atoms with Crippen molar-refractivity contribution in [3.63, 3.8) is 0 Å². The van der Waals surface area contributed by atoms with Gasteiger partial charge in [0.2, 0.25) is 0 Å². The van der Waals surface area contributed by atoms with Crippen molar-refractivity contribution in [2.75, 3.05) is 13.2 Å². The molecule has 1 aliphatic heterocycles. The molecule has 3 nitrogen and oxygen atoms in total. The molecule has 1 atom stereocenters. The van der Waals surface area contributed by atoms with Crippen molar-refractivity contribution in [2.24, 2.45) is 0 Å². The standard InChI is InChI=1S/C17H18FNO2S/c1-2-15-14-8-10-22-16(14)7-9-19(15)17(20)11-21-13-5-3-12(18)4-6-13/h3-6,8,10,15H,2,7,9,11H2,1H3. The van der Waals surface area contributed by atoms with Crippen LogP contribution in [0.15, 0.2) is 35.7 Å². The van der Waals surface area contributed by atoms with Crippen molar-refractivity contribution in [3.05, 3.63) is 52.0 Å². The summed E-state index contributed by atoms with van der Waals surface area (Å²) in [5, 5.41) is 2.09. The maximum Gasteiger partial charge on any atom is 0.261 e. The SMILES string of the molecule is CCC1c2ccsc2CCN1C(=O)COc1ccc(F)cc1. The average Bonchev–Trinajstić information content (AvgIpc) is 3.01. The van der Waals surface area contributed by atoms with Crippen molar-refractivity contribution in [1.82, 2.24) is 4.90 Å². The molecule has 0 fully saturated rings. The van der Waals surface area contributed by atoms with Gasteiger partial charge < -0.3 is 9.64 Å². The van der Waals surface area contributed by atoms with Crippen LogP contribution in [-0.4, -0.2) is 24.0 Å². The molecule has 0 saturated carbocycles. The van der Waals surface area contributed by atoms with Crippen LogP contribution in [0.2, 0.25) is 0 Å². The van der Waals surface area contributed by atoms with E-state index >= 15 is 0 Å². The molecule has 5 heteroatoms. The zero-order valence-corrected chi connectivity index (χ0v) is 13.2. The Morgan fingerprint density at radius 2 is 2.14 bits per heavy atom. The number of hydrogen-bond acceptors (Lipinski definition) is 3. The molecular weight excluding hydrogens is 301 g/mol. The average molecular weight is 319 g/mol. The van der Waals surface area contributed by atoms with Crippen molar-refractivity contribution in [2.45, 2.75) is 25.8 Å². The Morgan fingerprint density at radius 3 is 2.86 bits per heavy atom. The van der Waals surface area contributed by atoms with Crippen LogP contribution in [0.1, 0.15) is 29.8 Å². The molecule has 1 amide bonds. The minimum absolute atomic E-state index is 0.0123. The lowest BCUT2D eigenvalue weighted by atomic mass is 9.98. The Morgan fingerprint density at radius 1 is 1.36 bits per heavy atom. The zero-order chi connectivity index (χ0) is 15.5. The third kappa shape index (κ3) is 2.99. The van der Waals surface area contributed by atoms with Crippen LogP contribution in [0, 0.1) is 5.82 Å². The van der Waals surface area contributed by atoms with Crippen LogP contribution in [0.25, 0.3) is 0 Å². The summed E-state index contributed by atoms with van der Waals surface area (Å²) in [6.45, 7) is 2.82. The summed E-state index contributed by atoms with van der Waals surface area (Å²) in [6.07, 6.45) is 1.80. The molecule has 22 heavy (non-hydrogen) atoms. The Hall–Kier alpha value is -1.88. The lowest BCUT2D eigenvalue weighted by Gasteiger charge is -2.35. The lowest BCUT2D eigenvalue weighted by molar-refractivity contribution is -0.136. The first-order valence-electron chi connectivity index (χ1n) is 7.43. The van der Waals surface area contributed by atoms with Gasteiger partial charge in [-0.3, -0.25) is 4.79 Å². The second kappa shape index (κ2) is 6.48. The van der Waals surface area contributed by atoms with Gasteiger partial charge in [0, 0.05) is 11.4 Å². The van der Waals surface area contributed by atoms with E-state index < -0.39 is 0 Å². The van der Waals surface area contributed by atoms with Crippen LogP contribution < -0.4 is 4.74 Å². The van der Waals surface area contributed by atoms with Crippen LogP contribution in [-0.2, 0) is 11.2 Å². The molecule has 1 aromatic heterocycles. The number of carbonyl (C=O) groups excluding carboxylic acids is 1. The number of carbonyl (C=O) groups is 1. The monoisotopic (exact) mass is 319 g/mol. The Bertz CT molecular complexity index is 653. The number of amides is 1. The van der Waals surface area contributed by atoms with Crippen LogP contribution in [0.3, 0.4) is 0 Å². The predicted molar refractivity (Wildman–Crippen MR) is 84.7 cm³/mol. The maximum absolute atomic E-state index is 12.9. The van der Waals surface area contributed by atoms with Crippen molar-refractivity contribution >= 4 is 17.2 Å². The summed E-state index contributed by atoms with van der Waals surface area (Å²) in [4.78, 5) is 15.8. The largest absolute Gasteiger partial charge is 0.484 e. The highest BCUT2D eigenvalue weighted by Gasteiger charge is 2.30. The molecule has 0 spiro atoms. The van der Waals surface area contributed by atoms with Crippen LogP contribution >= 0.6 is 11.3 Å². The highest BCUT2D eigenvalue weighted by Crippen LogP contribution is 2.35. The number of hydrogen-bond donors (Lipinski definition) is 0.